The molecule has 2 rings (SSSR count). The Labute approximate surface area is 148 Å². The number of nitrogens with zero attached hydrogens (tertiary/aromatic N) is 4. The van der Waals surface area contributed by atoms with E-state index in [0.717, 1.165) is 41.7 Å². The van der Waals surface area contributed by atoms with E-state index in [0.29, 0.717) is 0 Å². The topological polar surface area (TPSA) is 67.1 Å². The van der Waals surface area contributed by atoms with Gasteiger partial charge in [-0.1, -0.05) is 0 Å². The number of aromatic nitrogens is 3. The summed E-state index contributed by atoms with van der Waals surface area (Å²) in [5, 5.41) is 14.5. The number of aryl methyl sites for hydroxylation is 3. The number of thiazole rings is 1. The van der Waals surface area contributed by atoms with E-state index >= 15 is 0 Å². The third-order valence-electron chi connectivity index (χ3n) is 4.12. The molecule has 132 valence electrons. The lowest BCUT2D eigenvalue weighted by Gasteiger charge is -2.18. The standard InChI is InChI=1S/C17H28N6S/c1-11(9-16-12(2)22-23(6)13(16)3)20-17(18-5)19-8-7-15-10-24-14(4)21-15/h10-11H,7-9H2,1-6H3,(H2,18,19,20). The Morgan fingerprint density at radius 1 is 1.38 bits per heavy atom. The molecule has 2 heterocycles. The molecule has 2 N–H and O–H groups in total. The van der Waals surface area contributed by atoms with Gasteiger partial charge in [0.15, 0.2) is 5.96 Å². The summed E-state index contributed by atoms with van der Waals surface area (Å²) in [4.78, 5) is 8.79. The van der Waals surface area contributed by atoms with Gasteiger partial charge in [-0.25, -0.2) is 4.98 Å². The first-order valence-electron chi connectivity index (χ1n) is 8.28. The van der Waals surface area contributed by atoms with Gasteiger partial charge in [-0.3, -0.25) is 9.67 Å². The van der Waals surface area contributed by atoms with Gasteiger partial charge in [0.05, 0.1) is 16.4 Å². The normalized spacial score (nSPS) is 13.2. The molecule has 1 unspecified atom stereocenters. The van der Waals surface area contributed by atoms with Crippen LogP contribution >= 0.6 is 11.3 Å². The summed E-state index contributed by atoms with van der Waals surface area (Å²) < 4.78 is 1.94. The van der Waals surface area contributed by atoms with Crippen LogP contribution in [0, 0.1) is 20.8 Å². The van der Waals surface area contributed by atoms with E-state index in [9.17, 15) is 0 Å². The van der Waals surface area contributed by atoms with Crippen LogP contribution in [0.4, 0.5) is 0 Å². The van der Waals surface area contributed by atoms with Crippen LogP contribution in [0.15, 0.2) is 10.4 Å². The van der Waals surface area contributed by atoms with Crippen LogP contribution in [0.1, 0.15) is 34.6 Å². The molecular weight excluding hydrogens is 320 g/mol. The summed E-state index contributed by atoms with van der Waals surface area (Å²) in [6, 6.07) is 0.277. The molecule has 7 heteroatoms. The Balaban J connectivity index is 1.83. The molecule has 1 atom stereocenters. The molecule has 2 aromatic rings. The minimum absolute atomic E-state index is 0.277. The third kappa shape index (κ3) is 4.80. The van der Waals surface area contributed by atoms with Crippen molar-refractivity contribution in [3.8, 4) is 0 Å². The molecule has 0 bridgehead atoms. The summed E-state index contributed by atoms with van der Waals surface area (Å²) in [6.45, 7) is 9.21. The Bertz CT molecular complexity index is 700. The predicted molar refractivity (Wildman–Crippen MR) is 101 cm³/mol. The number of hydrogen-bond donors (Lipinski definition) is 2. The lowest BCUT2D eigenvalue weighted by Crippen LogP contribution is -2.43. The van der Waals surface area contributed by atoms with Crippen molar-refractivity contribution in [1.82, 2.24) is 25.4 Å². The van der Waals surface area contributed by atoms with E-state index in [1.54, 1.807) is 18.4 Å². The number of rotatable bonds is 6. The number of nitrogens with one attached hydrogen (secondary N) is 2. The fraction of sp³-hybridized carbons (Fsp3) is 0.588. The van der Waals surface area contributed by atoms with Gasteiger partial charge in [0, 0.05) is 44.2 Å². The maximum atomic E-state index is 4.49. The van der Waals surface area contributed by atoms with Crippen molar-refractivity contribution in [1.29, 1.82) is 0 Å². The minimum Gasteiger partial charge on any atom is -0.356 e. The van der Waals surface area contributed by atoms with Gasteiger partial charge in [-0.15, -0.1) is 11.3 Å². The van der Waals surface area contributed by atoms with Gasteiger partial charge < -0.3 is 10.6 Å². The third-order valence-corrected chi connectivity index (χ3v) is 4.94. The molecular formula is C17H28N6S. The first-order valence-corrected chi connectivity index (χ1v) is 9.16. The van der Waals surface area contributed by atoms with Crippen molar-refractivity contribution in [3.05, 3.63) is 33.0 Å². The average Bonchev–Trinajstić information content (AvgIpc) is 3.05. The van der Waals surface area contributed by atoms with Gasteiger partial charge in [0.25, 0.3) is 0 Å². The maximum Gasteiger partial charge on any atom is 0.191 e. The highest BCUT2D eigenvalue weighted by atomic mass is 32.1. The fourth-order valence-corrected chi connectivity index (χ4v) is 3.38. The van der Waals surface area contributed by atoms with Gasteiger partial charge in [0.1, 0.15) is 0 Å². The van der Waals surface area contributed by atoms with E-state index < -0.39 is 0 Å². The van der Waals surface area contributed by atoms with Crippen molar-refractivity contribution in [2.24, 2.45) is 12.0 Å². The Morgan fingerprint density at radius 3 is 2.67 bits per heavy atom. The van der Waals surface area contributed by atoms with Crippen molar-refractivity contribution in [2.45, 2.75) is 46.6 Å². The second kappa shape index (κ2) is 8.28. The van der Waals surface area contributed by atoms with Crippen molar-refractivity contribution >= 4 is 17.3 Å². The summed E-state index contributed by atoms with van der Waals surface area (Å²) in [7, 11) is 3.79. The summed E-state index contributed by atoms with van der Waals surface area (Å²) in [5.74, 6) is 0.827. The SMILES string of the molecule is CN=C(NCCc1csc(C)n1)NC(C)Cc1c(C)nn(C)c1C. The molecule has 0 saturated carbocycles. The van der Waals surface area contributed by atoms with Crippen molar-refractivity contribution in [3.63, 3.8) is 0 Å². The van der Waals surface area contributed by atoms with Crippen LogP contribution in [0.2, 0.25) is 0 Å². The van der Waals surface area contributed by atoms with Crippen LogP contribution in [0.3, 0.4) is 0 Å². The highest BCUT2D eigenvalue weighted by molar-refractivity contribution is 7.09. The zero-order valence-corrected chi connectivity index (χ0v) is 16.3. The van der Waals surface area contributed by atoms with Gasteiger partial charge >= 0.3 is 0 Å². The molecule has 0 radical (unpaired) electrons. The molecule has 0 aliphatic heterocycles. The monoisotopic (exact) mass is 348 g/mol. The van der Waals surface area contributed by atoms with Gasteiger partial charge in [-0.2, -0.15) is 5.10 Å². The maximum absolute atomic E-state index is 4.49. The fourth-order valence-electron chi connectivity index (χ4n) is 2.73. The zero-order valence-electron chi connectivity index (χ0n) is 15.5. The molecule has 0 fully saturated rings. The molecule has 2 aromatic heterocycles. The Morgan fingerprint density at radius 2 is 2.12 bits per heavy atom. The molecule has 0 aliphatic carbocycles. The molecule has 0 aromatic carbocycles. The van der Waals surface area contributed by atoms with E-state index in [4.69, 9.17) is 0 Å². The van der Waals surface area contributed by atoms with Crippen LogP contribution < -0.4 is 10.6 Å². The summed E-state index contributed by atoms with van der Waals surface area (Å²) in [5.41, 5.74) is 4.77. The van der Waals surface area contributed by atoms with Crippen molar-refractivity contribution < 1.29 is 0 Å². The van der Waals surface area contributed by atoms with Gasteiger partial charge in [-0.05, 0) is 39.7 Å². The summed E-state index contributed by atoms with van der Waals surface area (Å²) in [6.07, 6.45) is 1.83. The number of hydrogen-bond acceptors (Lipinski definition) is 4. The van der Waals surface area contributed by atoms with Crippen molar-refractivity contribution in [2.75, 3.05) is 13.6 Å². The molecule has 0 aliphatic rings. The quantitative estimate of drug-likeness (QED) is 0.620. The Hall–Kier alpha value is -1.89. The van der Waals surface area contributed by atoms with Crippen LogP contribution in [-0.4, -0.2) is 40.4 Å². The molecule has 24 heavy (non-hydrogen) atoms. The lowest BCUT2D eigenvalue weighted by atomic mass is 10.1. The van der Waals surface area contributed by atoms with E-state index in [2.05, 4.69) is 51.9 Å². The first kappa shape index (κ1) is 18.4. The number of guanidine groups is 1. The largest absolute Gasteiger partial charge is 0.356 e. The zero-order chi connectivity index (χ0) is 17.7. The minimum atomic E-state index is 0.277. The van der Waals surface area contributed by atoms with E-state index in [1.165, 1.54) is 11.3 Å². The lowest BCUT2D eigenvalue weighted by molar-refractivity contribution is 0.634. The molecule has 0 spiro atoms. The highest BCUT2D eigenvalue weighted by Crippen LogP contribution is 2.14. The van der Waals surface area contributed by atoms with Gasteiger partial charge in [0.2, 0.25) is 0 Å². The molecule has 6 nitrogen and oxygen atoms in total. The predicted octanol–water partition coefficient (Wildman–Crippen LogP) is 2.14. The number of aliphatic imine (C=N–C) groups is 1. The first-order chi connectivity index (χ1) is 11.4. The average molecular weight is 349 g/mol. The van der Waals surface area contributed by atoms with E-state index in [1.807, 2.05) is 18.7 Å². The highest BCUT2D eigenvalue weighted by Gasteiger charge is 2.14. The smallest absolute Gasteiger partial charge is 0.191 e. The Kier molecular flexibility index (Phi) is 6.36. The van der Waals surface area contributed by atoms with Crippen LogP contribution in [0.25, 0.3) is 0 Å². The van der Waals surface area contributed by atoms with Crippen LogP contribution in [-0.2, 0) is 19.9 Å². The van der Waals surface area contributed by atoms with E-state index in [-0.39, 0.29) is 6.04 Å². The second-order valence-corrected chi connectivity index (χ2v) is 7.19. The molecule has 0 amide bonds. The second-order valence-electron chi connectivity index (χ2n) is 6.13. The summed E-state index contributed by atoms with van der Waals surface area (Å²) >= 11 is 1.69. The van der Waals surface area contributed by atoms with Crippen LogP contribution in [0.5, 0.6) is 0 Å². The molecule has 0 saturated heterocycles.